The van der Waals surface area contributed by atoms with Gasteiger partial charge >= 0.3 is 6.18 Å². The number of carbonyl (C=O) groups excluding carboxylic acids is 1. The van der Waals surface area contributed by atoms with E-state index in [4.69, 9.17) is 10.5 Å². The van der Waals surface area contributed by atoms with E-state index in [2.05, 4.69) is 14.9 Å². The van der Waals surface area contributed by atoms with Crippen molar-refractivity contribution in [2.45, 2.75) is 25.6 Å². The van der Waals surface area contributed by atoms with Gasteiger partial charge in [-0.2, -0.15) is 18.2 Å². The van der Waals surface area contributed by atoms with Gasteiger partial charge < -0.3 is 15.6 Å². The number of aromatic hydroxyl groups is 1. The number of likely N-dealkylation sites (tertiary alicyclic amines) is 1. The summed E-state index contributed by atoms with van der Waals surface area (Å²) in [6.45, 7) is 2.04. The van der Waals surface area contributed by atoms with Crippen LogP contribution in [0.25, 0.3) is 11.4 Å². The van der Waals surface area contributed by atoms with Crippen LogP contribution >= 0.6 is 0 Å². The van der Waals surface area contributed by atoms with E-state index in [1.54, 1.807) is 24.3 Å². The smallest absolute Gasteiger partial charge is 0.416 e. The molecule has 4 rings (SSSR count). The molecule has 10 heteroatoms. The van der Waals surface area contributed by atoms with E-state index in [0.29, 0.717) is 29.2 Å². The van der Waals surface area contributed by atoms with E-state index in [1.165, 1.54) is 6.07 Å². The van der Waals surface area contributed by atoms with Gasteiger partial charge in [0.05, 0.1) is 5.56 Å². The Labute approximate surface area is 187 Å². The summed E-state index contributed by atoms with van der Waals surface area (Å²) in [4.78, 5) is 21.4. The van der Waals surface area contributed by atoms with Crippen molar-refractivity contribution in [3.8, 4) is 28.8 Å². The Bertz CT molecular complexity index is 1160. The van der Waals surface area contributed by atoms with Gasteiger partial charge in [0.25, 0.3) is 5.91 Å². The van der Waals surface area contributed by atoms with Crippen molar-refractivity contribution in [3.05, 3.63) is 65.4 Å². The molecule has 1 amide bonds. The van der Waals surface area contributed by atoms with Crippen LogP contribution < -0.4 is 10.5 Å². The third-order valence-electron chi connectivity index (χ3n) is 5.29. The lowest BCUT2D eigenvalue weighted by molar-refractivity contribution is -0.137. The largest absolute Gasteiger partial charge is 0.493 e. The van der Waals surface area contributed by atoms with Crippen LogP contribution in [-0.4, -0.2) is 39.0 Å². The lowest BCUT2D eigenvalue weighted by Gasteiger charge is -2.19. The number of nitrogens with two attached hydrogens (primary N) is 1. The highest BCUT2D eigenvalue weighted by Gasteiger charge is 2.31. The highest BCUT2D eigenvalue weighted by molar-refractivity contribution is 5.91. The first kappa shape index (κ1) is 22.5. The lowest BCUT2D eigenvalue weighted by atomic mass is 10.1. The molecule has 3 aromatic rings. The van der Waals surface area contributed by atoms with Gasteiger partial charge in [0.15, 0.2) is 5.82 Å². The van der Waals surface area contributed by atoms with E-state index in [9.17, 15) is 23.1 Å². The summed E-state index contributed by atoms with van der Waals surface area (Å²) in [6.07, 6.45) is -2.40. The molecule has 1 aliphatic heterocycles. The number of halogens is 3. The van der Waals surface area contributed by atoms with Gasteiger partial charge in [-0.3, -0.25) is 9.69 Å². The van der Waals surface area contributed by atoms with Gasteiger partial charge in [-0.05, 0) is 68.4 Å². The van der Waals surface area contributed by atoms with Crippen LogP contribution in [-0.2, 0) is 12.7 Å². The Morgan fingerprint density at radius 2 is 1.76 bits per heavy atom. The van der Waals surface area contributed by atoms with Gasteiger partial charge in [0, 0.05) is 23.7 Å². The minimum Gasteiger partial charge on any atom is -0.493 e. The van der Waals surface area contributed by atoms with E-state index in [0.717, 1.165) is 44.1 Å². The van der Waals surface area contributed by atoms with Crippen molar-refractivity contribution in [2.24, 2.45) is 5.73 Å². The normalized spacial score (nSPS) is 14.4. The Morgan fingerprint density at radius 3 is 2.39 bits per heavy atom. The van der Waals surface area contributed by atoms with Crippen molar-refractivity contribution >= 4 is 5.91 Å². The summed E-state index contributed by atoms with van der Waals surface area (Å²) in [5.41, 5.74) is 5.32. The maximum absolute atomic E-state index is 13.2. The molecule has 33 heavy (non-hydrogen) atoms. The van der Waals surface area contributed by atoms with Crippen LogP contribution in [0.5, 0.6) is 17.4 Å². The summed E-state index contributed by atoms with van der Waals surface area (Å²) in [5, 5.41) is 9.71. The highest BCUT2D eigenvalue weighted by Crippen LogP contribution is 2.35. The van der Waals surface area contributed by atoms with Gasteiger partial charge in [0.2, 0.25) is 5.88 Å². The summed E-state index contributed by atoms with van der Waals surface area (Å²) < 4.78 is 45.6. The zero-order valence-electron chi connectivity index (χ0n) is 17.5. The molecule has 2 aromatic carbocycles. The second-order valence-corrected chi connectivity index (χ2v) is 7.73. The quantitative estimate of drug-likeness (QED) is 0.569. The number of nitrogens with zero attached hydrogens (tertiary/aromatic N) is 3. The topological polar surface area (TPSA) is 102 Å². The zero-order valence-corrected chi connectivity index (χ0v) is 17.5. The molecule has 0 radical (unpaired) electrons. The van der Waals surface area contributed by atoms with E-state index < -0.39 is 23.5 Å². The number of alkyl halides is 3. The van der Waals surface area contributed by atoms with Crippen LogP contribution in [0, 0.1) is 0 Å². The number of benzene rings is 2. The molecule has 172 valence electrons. The lowest BCUT2D eigenvalue weighted by Crippen LogP contribution is -2.19. The molecule has 1 saturated heterocycles. The van der Waals surface area contributed by atoms with Gasteiger partial charge in [-0.1, -0.05) is 0 Å². The van der Waals surface area contributed by atoms with Crippen molar-refractivity contribution in [1.82, 2.24) is 14.9 Å². The molecule has 0 saturated carbocycles. The van der Waals surface area contributed by atoms with E-state index in [-0.39, 0.29) is 11.5 Å². The minimum absolute atomic E-state index is 0.0969. The molecule has 7 nitrogen and oxygen atoms in total. The Hall–Kier alpha value is -3.66. The number of hydrogen-bond donors (Lipinski definition) is 2. The average molecular weight is 458 g/mol. The molecule has 0 spiro atoms. The van der Waals surface area contributed by atoms with Gasteiger partial charge in [-0.15, -0.1) is 0 Å². The molecule has 1 aliphatic rings. The fourth-order valence-electron chi connectivity index (χ4n) is 3.65. The molecule has 0 unspecified atom stereocenters. The number of carbonyl (C=O) groups is 1. The molecule has 1 aromatic heterocycles. The Morgan fingerprint density at radius 1 is 1.06 bits per heavy atom. The zero-order chi connectivity index (χ0) is 23.6. The summed E-state index contributed by atoms with van der Waals surface area (Å²) in [5.74, 6) is -0.365. The summed E-state index contributed by atoms with van der Waals surface area (Å²) >= 11 is 0. The van der Waals surface area contributed by atoms with E-state index in [1.807, 2.05) is 0 Å². The molecular weight excluding hydrogens is 437 g/mol. The number of aromatic nitrogens is 2. The Balaban J connectivity index is 1.59. The van der Waals surface area contributed by atoms with Gasteiger partial charge in [-0.25, -0.2) is 4.98 Å². The predicted octanol–water partition coefficient (Wildman–Crippen LogP) is 4.36. The number of amides is 1. The third kappa shape index (κ3) is 5.40. The van der Waals surface area contributed by atoms with Crippen LogP contribution in [0.15, 0.2) is 48.5 Å². The number of hydrogen-bond acceptors (Lipinski definition) is 6. The second-order valence-electron chi connectivity index (χ2n) is 7.73. The van der Waals surface area contributed by atoms with Crippen molar-refractivity contribution in [1.29, 1.82) is 0 Å². The maximum Gasteiger partial charge on any atom is 0.416 e. The number of ether oxygens (including phenoxy) is 1. The van der Waals surface area contributed by atoms with Crippen LogP contribution in [0.1, 0.15) is 34.5 Å². The second kappa shape index (κ2) is 9.07. The maximum atomic E-state index is 13.2. The highest BCUT2D eigenvalue weighted by atomic mass is 19.4. The van der Waals surface area contributed by atoms with Crippen LogP contribution in [0.2, 0.25) is 0 Å². The number of rotatable bonds is 6. The molecule has 3 N–H and O–H groups in total. The third-order valence-corrected chi connectivity index (χ3v) is 5.29. The van der Waals surface area contributed by atoms with Crippen LogP contribution in [0.3, 0.4) is 0 Å². The first-order valence-electron chi connectivity index (χ1n) is 10.3. The van der Waals surface area contributed by atoms with Gasteiger partial charge in [0.1, 0.15) is 17.2 Å². The molecule has 2 heterocycles. The predicted molar refractivity (Wildman–Crippen MR) is 114 cm³/mol. The SMILES string of the molecule is NC(=O)c1cc(O)nc(-c2ccc(Oc3ccc(C(F)(F)F)cc3CN3CCCC3)cc2)n1. The van der Waals surface area contributed by atoms with Crippen molar-refractivity contribution in [3.63, 3.8) is 0 Å². The monoisotopic (exact) mass is 458 g/mol. The minimum atomic E-state index is -4.44. The van der Waals surface area contributed by atoms with Crippen molar-refractivity contribution in [2.75, 3.05) is 13.1 Å². The Kier molecular flexibility index (Phi) is 6.19. The van der Waals surface area contributed by atoms with E-state index >= 15 is 0 Å². The summed E-state index contributed by atoms with van der Waals surface area (Å²) in [7, 11) is 0. The molecular formula is C23H21F3N4O3. The van der Waals surface area contributed by atoms with Crippen molar-refractivity contribution < 1.29 is 27.8 Å². The molecule has 0 bridgehead atoms. The standard InChI is InChI=1S/C23H21F3N4O3/c24-23(25,26)16-5-8-19(15(11-16)13-30-9-1-2-10-30)33-17-6-3-14(4-7-17)22-28-18(21(27)32)12-20(31)29-22/h3-8,11-12H,1-2,9-10,13H2,(H2,27,32)(H,28,29,31). The first-order valence-corrected chi connectivity index (χ1v) is 10.3. The molecule has 0 aliphatic carbocycles. The van der Waals surface area contributed by atoms with Crippen LogP contribution in [0.4, 0.5) is 13.2 Å². The fraction of sp³-hybridized carbons (Fsp3) is 0.261. The summed E-state index contributed by atoms with van der Waals surface area (Å²) in [6, 6.07) is 11.0. The fourth-order valence-corrected chi connectivity index (χ4v) is 3.65. The number of primary amides is 1. The molecule has 0 atom stereocenters. The first-order chi connectivity index (χ1) is 15.7. The molecule has 1 fully saturated rings. The average Bonchev–Trinajstić information content (AvgIpc) is 3.27.